The third-order valence-corrected chi connectivity index (χ3v) is 6.95. The summed E-state index contributed by atoms with van der Waals surface area (Å²) in [5.41, 5.74) is 2.25. The fourth-order valence-corrected chi connectivity index (χ4v) is 4.94. The molecule has 1 N–H and O–H groups in total. The second-order valence-electron chi connectivity index (χ2n) is 9.42. The van der Waals surface area contributed by atoms with E-state index >= 15 is 0 Å². The monoisotopic (exact) mass is 581 g/mol. The number of hydrogen-bond donors (Lipinski definition) is 1. The number of ether oxygens (including phenoxy) is 3. The molecule has 5 rings (SSSR count). The number of amides is 1. The van der Waals surface area contributed by atoms with Crippen LogP contribution in [0.1, 0.15) is 31.7 Å². The van der Waals surface area contributed by atoms with E-state index in [-0.39, 0.29) is 24.6 Å². The fourth-order valence-electron chi connectivity index (χ4n) is 4.39. The topological polar surface area (TPSA) is 100 Å². The van der Waals surface area contributed by atoms with E-state index in [2.05, 4.69) is 20.3 Å². The second kappa shape index (κ2) is 12.8. The first kappa shape index (κ1) is 28.0. The third-order valence-electron chi connectivity index (χ3n) is 6.40. The van der Waals surface area contributed by atoms with Gasteiger partial charge in [0.25, 0.3) is 0 Å². The summed E-state index contributed by atoms with van der Waals surface area (Å²) >= 11 is 12.7. The maximum atomic E-state index is 12.0. The lowest BCUT2D eigenvalue weighted by Gasteiger charge is -2.30. The zero-order valence-electron chi connectivity index (χ0n) is 21.9. The molecule has 1 fully saturated rings. The van der Waals surface area contributed by atoms with Gasteiger partial charge >= 0.3 is 0 Å². The van der Waals surface area contributed by atoms with Crippen LogP contribution in [0, 0.1) is 0 Å². The summed E-state index contributed by atoms with van der Waals surface area (Å²) in [4.78, 5) is 24.8. The van der Waals surface area contributed by atoms with Crippen molar-refractivity contribution in [2.75, 3.05) is 18.5 Å². The summed E-state index contributed by atoms with van der Waals surface area (Å²) in [6.07, 6.45) is 8.75. The number of unbranched alkanes of at least 4 members (excludes halogenated alkanes) is 1. The minimum Gasteiger partial charge on any atom is -0.491 e. The van der Waals surface area contributed by atoms with Crippen LogP contribution in [0.3, 0.4) is 0 Å². The SMILES string of the molecule is CCCCC(=O)Nc1nccc(-c2ccc(OC[C@@H]3CO[C@@](Cn4ccnc4)(c4ccc(Cl)cc4Cl)O3)cc2)n1. The molecule has 2 aromatic heterocycles. The highest BCUT2D eigenvalue weighted by Gasteiger charge is 2.45. The lowest BCUT2D eigenvalue weighted by atomic mass is 10.1. The maximum absolute atomic E-state index is 12.0. The molecule has 2 atom stereocenters. The van der Waals surface area contributed by atoms with Gasteiger partial charge in [0.2, 0.25) is 17.6 Å². The number of hydrogen-bond acceptors (Lipinski definition) is 7. The van der Waals surface area contributed by atoms with Crippen LogP contribution in [0.2, 0.25) is 10.0 Å². The summed E-state index contributed by atoms with van der Waals surface area (Å²) in [7, 11) is 0. The van der Waals surface area contributed by atoms with Crippen molar-refractivity contribution in [2.24, 2.45) is 0 Å². The van der Waals surface area contributed by atoms with Gasteiger partial charge in [0.05, 0.1) is 30.2 Å². The first-order valence-corrected chi connectivity index (χ1v) is 13.8. The molecule has 2 aromatic carbocycles. The lowest BCUT2D eigenvalue weighted by molar-refractivity contribution is -0.189. The van der Waals surface area contributed by atoms with E-state index in [0.29, 0.717) is 46.6 Å². The Morgan fingerprint density at radius 1 is 1.18 bits per heavy atom. The molecule has 11 heteroatoms. The Balaban J connectivity index is 1.23. The minimum absolute atomic E-state index is 0.0896. The van der Waals surface area contributed by atoms with E-state index in [0.717, 1.165) is 18.4 Å². The molecule has 4 aromatic rings. The Bertz CT molecular complexity index is 1430. The lowest BCUT2D eigenvalue weighted by Crippen LogP contribution is -2.34. The van der Waals surface area contributed by atoms with Gasteiger partial charge in [0.1, 0.15) is 18.5 Å². The molecule has 208 valence electrons. The van der Waals surface area contributed by atoms with E-state index < -0.39 is 5.79 Å². The molecule has 0 spiro atoms. The molecule has 1 saturated heterocycles. The smallest absolute Gasteiger partial charge is 0.229 e. The summed E-state index contributed by atoms with van der Waals surface area (Å²) in [6, 6.07) is 14.6. The van der Waals surface area contributed by atoms with Crippen LogP contribution in [-0.2, 0) is 26.6 Å². The Kier molecular flexibility index (Phi) is 8.96. The number of aromatic nitrogens is 4. The Labute approximate surface area is 242 Å². The first-order valence-electron chi connectivity index (χ1n) is 13.0. The number of halogens is 2. The average Bonchev–Trinajstić information content (AvgIpc) is 3.62. The van der Waals surface area contributed by atoms with Crippen LogP contribution in [-0.4, -0.2) is 44.7 Å². The van der Waals surface area contributed by atoms with Crippen molar-refractivity contribution < 1.29 is 19.0 Å². The molecular formula is C29H29Cl2N5O4. The first-order chi connectivity index (χ1) is 19.4. The van der Waals surface area contributed by atoms with E-state index in [1.54, 1.807) is 36.9 Å². The van der Waals surface area contributed by atoms with Gasteiger partial charge in [0, 0.05) is 41.2 Å². The van der Waals surface area contributed by atoms with E-state index in [1.807, 2.05) is 48.0 Å². The second-order valence-corrected chi connectivity index (χ2v) is 10.3. The van der Waals surface area contributed by atoms with Crippen molar-refractivity contribution in [1.82, 2.24) is 19.5 Å². The number of imidazole rings is 1. The summed E-state index contributed by atoms with van der Waals surface area (Å²) in [5.74, 6) is -0.242. The average molecular weight is 582 g/mol. The predicted molar refractivity (Wildman–Crippen MR) is 152 cm³/mol. The van der Waals surface area contributed by atoms with Gasteiger partial charge in [-0.1, -0.05) is 42.6 Å². The quantitative estimate of drug-likeness (QED) is 0.227. The number of benzene rings is 2. The number of carbonyl (C=O) groups is 1. The molecule has 1 aliphatic heterocycles. The van der Waals surface area contributed by atoms with Crippen LogP contribution in [0.4, 0.5) is 5.95 Å². The van der Waals surface area contributed by atoms with Crippen molar-refractivity contribution in [3.63, 3.8) is 0 Å². The highest BCUT2D eigenvalue weighted by molar-refractivity contribution is 6.35. The largest absolute Gasteiger partial charge is 0.491 e. The van der Waals surface area contributed by atoms with E-state index in [1.165, 1.54) is 0 Å². The van der Waals surface area contributed by atoms with E-state index in [4.69, 9.17) is 37.4 Å². The van der Waals surface area contributed by atoms with Crippen molar-refractivity contribution >= 4 is 35.1 Å². The van der Waals surface area contributed by atoms with Crippen LogP contribution in [0.5, 0.6) is 5.75 Å². The van der Waals surface area contributed by atoms with Gasteiger partial charge in [-0.15, -0.1) is 0 Å². The number of anilines is 1. The molecule has 0 bridgehead atoms. The molecule has 0 saturated carbocycles. The van der Waals surface area contributed by atoms with Gasteiger partial charge in [-0.05, 0) is 48.9 Å². The molecule has 40 heavy (non-hydrogen) atoms. The van der Waals surface area contributed by atoms with Crippen LogP contribution < -0.4 is 10.1 Å². The Hall–Kier alpha value is -3.50. The van der Waals surface area contributed by atoms with Gasteiger partial charge in [-0.3, -0.25) is 10.1 Å². The molecule has 3 heterocycles. The molecule has 0 unspecified atom stereocenters. The third kappa shape index (κ3) is 6.79. The summed E-state index contributed by atoms with van der Waals surface area (Å²) in [6.45, 7) is 3.00. The molecule has 0 aliphatic carbocycles. The Morgan fingerprint density at radius 3 is 2.77 bits per heavy atom. The van der Waals surface area contributed by atoms with Crippen molar-refractivity contribution in [3.8, 4) is 17.0 Å². The van der Waals surface area contributed by atoms with E-state index in [9.17, 15) is 4.79 Å². The molecule has 1 amide bonds. The van der Waals surface area contributed by atoms with Crippen LogP contribution in [0.15, 0.2) is 73.4 Å². The number of nitrogens with zero attached hydrogens (tertiary/aromatic N) is 4. The fraction of sp³-hybridized carbons (Fsp3) is 0.310. The Morgan fingerprint density at radius 2 is 2.02 bits per heavy atom. The van der Waals surface area contributed by atoms with Crippen LogP contribution in [0.25, 0.3) is 11.3 Å². The normalized spacial score (nSPS) is 18.5. The summed E-state index contributed by atoms with van der Waals surface area (Å²) < 4.78 is 20.6. The summed E-state index contributed by atoms with van der Waals surface area (Å²) in [5, 5.41) is 3.74. The van der Waals surface area contributed by atoms with Gasteiger partial charge in [0.15, 0.2) is 0 Å². The minimum atomic E-state index is -1.11. The van der Waals surface area contributed by atoms with Crippen molar-refractivity contribution in [1.29, 1.82) is 0 Å². The van der Waals surface area contributed by atoms with Crippen molar-refractivity contribution in [3.05, 3.63) is 89.1 Å². The van der Waals surface area contributed by atoms with Crippen molar-refractivity contribution in [2.45, 2.75) is 44.6 Å². The highest BCUT2D eigenvalue weighted by Crippen LogP contribution is 2.40. The molecule has 1 aliphatic rings. The van der Waals surface area contributed by atoms with Gasteiger partial charge in [-0.25, -0.2) is 15.0 Å². The predicted octanol–water partition coefficient (Wildman–Crippen LogP) is 6.12. The number of rotatable bonds is 11. The molecule has 0 radical (unpaired) electrons. The molecular weight excluding hydrogens is 553 g/mol. The highest BCUT2D eigenvalue weighted by atomic mass is 35.5. The standard InChI is InChI=1S/C29H29Cl2N5O4/c1-2-3-4-27(37)35-28-33-12-11-26(34-28)20-5-8-22(9-6-20)38-16-23-17-39-29(40-23,18-36-14-13-32-19-36)24-10-7-21(30)15-25(24)31/h5-15,19,23H,2-4,16-18H2,1H3,(H,33,34,35,37)/t23-,29-/m1/s1. The zero-order valence-corrected chi connectivity index (χ0v) is 23.4. The number of nitrogens with one attached hydrogen (secondary N) is 1. The number of carbonyl (C=O) groups excluding carboxylic acids is 1. The van der Waals surface area contributed by atoms with Crippen LogP contribution >= 0.6 is 23.2 Å². The molecule has 9 nitrogen and oxygen atoms in total. The zero-order chi connectivity index (χ0) is 28.0. The van der Waals surface area contributed by atoms with Gasteiger partial charge in [-0.2, -0.15) is 0 Å². The maximum Gasteiger partial charge on any atom is 0.229 e. The van der Waals surface area contributed by atoms with Gasteiger partial charge < -0.3 is 18.8 Å².